The zero-order valence-electron chi connectivity index (χ0n) is 29.3. The molecule has 0 atom stereocenters. The number of carboxylic acid groups (broad SMARTS) is 1. The second-order valence-corrected chi connectivity index (χ2v) is 16.7. The van der Waals surface area contributed by atoms with Crippen molar-refractivity contribution in [3.05, 3.63) is 0 Å². The summed E-state index contributed by atoms with van der Waals surface area (Å²) in [7, 11) is 0. The molecule has 0 radical (unpaired) electrons. The molecule has 0 aromatic heterocycles. The Bertz CT molecular complexity index is 643. The summed E-state index contributed by atoms with van der Waals surface area (Å²) in [5.41, 5.74) is 0.585. The van der Waals surface area contributed by atoms with Gasteiger partial charge in [0.05, 0.1) is 5.88 Å². The van der Waals surface area contributed by atoms with E-state index in [-0.39, 0.29) is 56.8 Å². The van der Waals surface area contributed by atoms with Gasteiger partial charge in [-0.1, -0.05) is 0 Å². The van der Waals surface area contributed by atoms with Crippen molar-refractivity contribution >= 4 is 63.5 Å². The van der Waals surface area contributed by atoms with Crippen molar-refractivity contribution in [3.8, 4) is 0 Å². The molecule has 0 heterocycles. The van der Waals surface area contributed by atoms with Gasteiger partial charge in [0.2, 0.25) is 11.1 Å². The van der Waals surface area contributed by atoms with Crippen LogP contribution < -0.4 is 10.6 Å². The lowest BCUT2D eigenvalue weighted by atomic mass is 9.96. The van der Waals surface area contributed by atoms with E-state index >= 15 is 0 Å². The topological polar surface area (TPSA) is 98.7 Å². The average molecular weight is 672 g/mol. The van der Waals surface area contributed by atoms with Crippen LogP contribution in [-0.2, 0) is 14.4 Å². The number of carboxylic acids is 1. The molecule has 7 nitrogen and oxygen atoms in total. The summed E-state index contributed by atoms with van der Waals surface area (Å²) in [6, 6.07) is 0. The van der Waals surface area contributed by atoms with Crippen molar-refractivity contribution < 1.29 is 19.5 Å². The third kappa shape index (κ3) is 49.7. The number of hydrogen-bond acceptors (Lipinski definition) is 5. The summed E-state index contributed by atoms with van der Waals surface area (Å²) < 4.78 is 0. The fourth-order valence-corrected chi connectivity index (χ4v) is 4.18. The molecule has 0 aliphatic carbocycles. The van der Waals surface area contributed by atoms with E-state index < -0.39 is 11.2 Å². The zero-order valence-corrected chi connectivity index (χ0v) is 32.3. The fraction of sp³-hybridized carbons (Fsp3) is 0.900. The lowest BCUT2D eigenvalue weighted by Gasteiger charge is -2.45. The van der Waals surface area contributed by atoms with Gasteiger partial charge < -0.3 is 20.6 Å². The summed E-state index contributed by atoms with van der Waals surface area (Å²) in [5, 5.41) is 14.0. The standard InChI is InChI=1S/C10H20ClNO.2C8H19N.C2H2Cl2O.C2H3ClO2/c1-9(2,3)12(8(13)7-11)10(4,5)6;2*1-7(2,3)9-8(4,5)6;2*3-1-2(4)5/h7H2,1-6H3;2*9H,1-6H3;1H2;1H2,(H,4,5). The highest BCUT2D eigenvalue weighted by Gasteiger charge is 2.34. The van der Waals surface area contributed by atoms with E-state index in [4.69, 9.17) is 51.5 Å². The lowest BCUT2D eigenvalue weighted by Crippen LogP contribution is -2.56. The van der Waals surface area contributed by atoms with Gasteiger partial charge in [0.25, 0.3) is 0 Å². The van der Waals surface area contributed by atoms with Crippen LogP contribution in [0.2, 0.25) is 0 Å². The smallest absolute Gasteiger partial charge is 0.318 e. The first-order valence-electron chi connectivity index (χ1n) is 13.6. The Balaban J connectivity index is -0.000000138. The van der Waals surface area contributed by atoms with Gasteiger partial charge in [-0.25, -0.2) is 0 Å². The van der Waals surface area contributed by atoms with E-state index in [1.165, 1.54) is 0 Å². The van der Waals surface area contributed by atoms with Crippen molar-refractivity contribution in [1.29, 1.82) is 0 Å². The Morgan fingerprint density at radius 2 is 0.732 bits per heavy atom. The molecule has 0 unspecified atom stereocenters. The fourth-order valence-electron chi connectivity index (χ4n) is 4.06. The minimum absolute atomic E-state index is 0.0123. The number of amides is 1. The summed E-state index contributed by atoms with van der Waals surface area (Å²) in [6.07, 6.45) is 0. The van der Waals surface area contributed by atoms with E-state index in [2.05, 4.69) is 93.7 Å². The third-order valence-electron chi connectivity index (χ3n) is 3.42. The number of halogens is 4. The van der Waals surface area contributed by atoms with E-state index in [1.54, 1.807) is 0 Å². The van der Waals surface area contributed by atoms with Crippen molar-refractivity contribution in [2.75, 3.05) is 17.6 Å². The van der Waals surface area contributed by atoms with Gasteiger partial charge in [-0.15, -0.1) is 34.8 Å². The van der Waals surface area contributed by atoms with Crippen LogP contribution in [0.15, 0.2) is 0 Å². The number of rotatable bonds is 3. The molecular formula is C30H63Cl4N3O4. The van der Waals surface area contributed by atoms with Crippen molar-refractivity contribution in [2.24, 2.45) is 0 Å². The number of nitrogens with one attached hydrogen (secondary N) is 2. The molecule has 0 aromatic rings. The molecule has 0 fully saturated rings. The minimum Gasteiger partial charge on any atom is -0.480 e. The molecule has 41 heavy (non-hydrogen) atoms. The molecular weight excluding hydrogens is 608 g/mol. The molecule has 0 aliphatic heterocycles. The Labute approximate surface area is 273 Å². The summed E-state index contributed by atoms with van der Waals surface area (Å²) in [4.78, 5) is 32.1. The Morgan fingerprint density at radius 3 is 0.756 bits per heavy atom. The maximum atomic E-state index is 11.6. The van der Waals surface area contributed by atoms with Crippen LogP contribution in [0, 0.1) is 0 Å². The molecule has 0 spiro atoms. The maximum absolute atomic E-state index is 11.6. The van der Waals surface area contributed by atoms with E-state index in [1.807, 2.05) is 46.4 Å². The molecule has 0 saturated carbocycles. The van der Waals surface area contributed by atoms with Gasteiger partial charge in [0, 0.05) is 33.2 Å². The minimum atomic E-state index is -0.980. The van der Waals surface area contributed by atoms with Gasteiger partial charge >= 0.3 is 5.97 Å². The van der Waals surface area contributed by atoms with E-state index in [9.17, 15) is 14.4 Å². The predicted molar refractivity (Wildman–Crippen MR) is 182 cm³/mol. The number of carbonyl (C=O) groups excluding carboxylic acids is 2. The van der Waals surface area contributed by atoms with Crippen molar-refractivity contribution in [1.82, 2.24) is 15.5 Å². The molecule has 0 aliphatic rings. The first-order valence-corrected chi connectivity index (χ1v) is 15.5. The average Bonchev–Trinajstić information content (AvgIpc) is 2.61. The third-order valence-corrected chi connectivity index (χ3v) is 4.40. The molecule has 0 bridgehead atoms. The number of alkyl halides is 3. The summed E-state index contributed by atoms with van der Waals surface area (Å²) in [6.45, 7) is 38.2. The number of aliphatic carboxylic acids is 1. The number of hydrogen-bond donors (Lipinski definition) is 3. The predicted octanol–water partition coefficient (Wildman–Crippen LogP) is 8.30. The first-order chi connectivity index (χ1) is 17.6. The van der Waals surface area contributed by atoms with Gasteiger partial charge in [-0.2, -0.15) is 0 Å². The van der Waals surface area contributed by atoms with Crippen LogP contribution in [-0.4, -0.2) is 78.0 Å². The molecule has 250 valence electrons. The Morgan fingerprint density at radius 1 is 0.537 bits per heavy atom. The van der Waals surface area contributed by atoms with Crippen LogP contribution in [0.1, 0.15) is 125 Å². The summed E-state index contributed by atoms with van der Waals surface area (Å²) >= 11 is 19.9. The van der Waals surface area contributed by atoms with Crippen LogP contribution in [0.25, 0.3) is 0 Å². The monoisotopic (exact) mass is 669 g/mol. The Kier molecular flexibility index (Phi) is 26.3. The molecule has 0 rings (SSSR count). The second-order valence-electron chi connectivity index (χ2n) is 15.5. The highest BCUT2D eigenvalue weighted by atomic mass is 35.5. The highest BCUT2D eigenvalue weighted by molar-refractivity contribution is 6.67. The van der Waals surface area contributed by atoms with Gasteiger partial charge in [0.1, 0.15) is 11.8 Å². The van der Waals surface area contributed by atoms with Crippen LogP contribution >= 0.6 is 46.4 Å². The quantitative estimate of drug-likeness (QED) is 0.206. The van der Waals surface area contributed by atoms with Gasteiger partial charge in [-0.05, 0) is 136 Å². The number of nitrogens with zero attached hydrogens (tertiary/aromatic N) is 1. The van der Waals surface area contributed by atoms with Crippen molar-refractivity contribution in [3.63, 3.8) is 0 Å². The van der Waals surface area contributed by atoms with Crippen LogP contribution in [0.4, 0.5) is 0 Å². The lowest BCUT2D eigenvalue weighted by molar-refractivity contribution is -0.139. The van der Waals surface area contributed by atoms with Gasteiger partial charge in [-0.3, -0.25) is 14.4 Å². The highest BCUT2D eigenvalue weighted by Crippen LogP contribution is 2.25. The van der Waals surface area contributed by atoms with E-state index in [0.29, 0.717) is 0 Å². The van der Waals surface area contributed by atoms with Crippen LogP contribution in [0.3, 0.4) is 0 Å². The number of carbonyl (C=O) groups is 3. The molecule has 3 N–H and O–H groups in total. The molecule has 0 aromatic carbocycles. The largest absolute Gasteiger partial charge is 0.480 e. The Hall–Kier alpha value is -0.310. The van der Waals surface area contributed by atoms with Crippen LogP contribution in [0.5, 0.6) is 0 Å². The maximum Gasteiger partial charge on any atom is 0.318 e. The molecule has 11 heteroatoms. The molecule has 0 saturated heterocycles. The second kappa shape index (κ2) is 21.4. The molecule has 1 amide bonds. The SMILES string of the molecule is CC(C)(C)N(C(=O)CCl)C(C)(C)C.CC(C)(C)NC(C)(C)C.CC(C)(C)NC(C)(C)C.O=C(Cl)CCl.O=C(O)CCl. The van der Waals surface area contributed by atoms with E-state index in [0.717, 1.165) is 0 Å². The zero-order chi connectivity index (χ0) is 34.8. The normalized spacial score (nSPS) is 12.0. The van der Waals surface area contributed by atoms with Gasteiger partial charge in [0.15, 0.2) is 0 Å². The summed E-state index contributed by atoms with van der Waals surface area (Å²) in [5.74, 6) is -1.34. The van der Waals surface area contributed by atoms with Crippen molar-refractivity contribution in [2.45, 2.75) is 158 Å². The first kappa shape index (κ1) is 50.3.